The molecule has 0 fully saturated rings. The zero-order valence-corrected chi connectivity index (χ0v) is 10.6. The van der Waals surface area contributed by atoms with Crippen LogP contribution in [-0.4, -0.2) is 16.8 Å². The van der Waals surface area contributed by atoms with Gasteiger partial charge in [0.1, 0.15) is 11.4 Å². The van der Waals surface area contributed by atoms with Gasteiger partial charge >= 0.3 is 0 Å². The van der Waals surface area contributed by atoms with E-state index in [2.05, 4.69) is 0 Å². The number of phenols is 1. The van der Waals surface area contributed by atoms with E-state index in [4.69, 9.17) is 9.47 Å². The zero-order valence-electron chi connectivity index (χ0n) is 10.6. The second-order valence-electron chi connectivity index (χ2n) is 5.01. The van der Waals surface area contributed by atoms with Crippen LogP contribution in [0.2, 0.25) is 0 Å². The van der Waals surface area contributed by atoms with Crippen LogP contribution in [0.15, 0.2) is 18.2 Å². The van der Waals surface area contributed by atoms with Gasteiger partial charge in [0.05, 0.1) is 6.10 Å². The van der Waals surface area contributed by atoms with Crippen molar-refractivity contribution in [3.8, 4) is 17.2 Å². The molecule has 1 aromatic rings. The number of aromatic hydroxyl groups is 1. The molecule has 90 valence electrons. The van der Waals surface area contributed by atoms with E-state index in [1.165, 1.54) is 0 Å². The smallest absolute Gasteiger partial charge is 0.165 e. The summed E-state index contributed by atoms with van der Waals surface area (Å²) in [6.45, 7) is 9.71. The second kappa shape index (κ2) is 4.64. The molecule has 0 saturated heterocycles. The van der Waals surface area contributed by atoms with Crippen molar-refractivity contribution in [1.82, 2.24) is 0 Å². The van der Waals surface area contributed by atoms with Gasteiger partial charge in [-0.25, -0.2) is 0 Å². The summed E-state index contributed by atoms with van der Waals surface area (Å²) >= 11 is 0. The molecule has 0 radical (unpaired) electrons. The van der Waals surface area contributed by atoms with Crippen molar-refractivity contribution in [2.75, 3.05) is 0 Å². The fourth-order valence-electron chi connectivity index (χ4n) is 1.25. The standard InChI is InChI=1S/C13H20O3/c1-9(2)15-10-6-7-11(14)12(8-10)16-13(3,4)5/h6-9,14H,1-5H3. The minimum Gasteiger partial charge on any atom is -0.504 e. The van der Waals surface area contributed by atoms with E-state index in [1.54, 1.807) is 18.2 Å². The molecule has 0 aliphatic rings. The molecule has 0 saturated carbocycles. The van der Waals surface area contributed by atoms with Crippen LogP contribution in [0, 0.1) is 0 Å². The maximum Gasteiger partial charge on any atom is 0.165 e. The predicted molar refractivity (Wildman–Crippen MR) is 64.3 cm³/mol. The summed E-state index contributed by atoms with van der Waals surface area (Å²) < 4.78 is 11.2. The Kier molecular flexibility index (Phi) is 3.68. The Morgan fingerprint density at radius 2 is 1.81 bits per heavy atom. The summed E-state index contributed by atoms with van der Waals surface area (Å²) in [6.07, 6.45) is 0.104. The Labute approximate surface area is 97.0 Å². The summed E-state index contributed by atoms with van der Waals surface area (Å²) in [5.41, 5.74) is -0.339. The third-order valence-corrected chi connectivity index (χ3v) is 1.72. The molecule has 1 aromatic carbocycles. The van der Waals surface area contributed by atoms with Gasteiger partial charge < -0.3 is 14.6 Å². The Bertz CT molecular complexity index is 351. The maximum atomic E-state index is 9.65. The van der Waals surface area contributed by atoms with Crippen molar-refractivity contribution in [1.29, 1.82) is 0 Å². The number of ether oxygens (including phenoxy) is 2. The van der Waals surface area contributed by atoms with Crippen LogP contribution in [0.3, 0.4) is 0 Å². The molecule has 1 N–H and O–H groups in total. The van der Waals surface area contributed by atoms with Gasteiger partial charge in [0, 0.05) is 6.07 Å². The normalized spacial score (nSPS) is 11.6. The minimum atomic E-state index is -0.339. The molecule has 0 heterocycles. The van der Waals surface area contributed by atoms with Crippen LogP contribution in [0.4, 0.5) is 0 Å². The van der Waals surface area contributed by atoms with Crippen molar-refractivity contribution in [3.05, 3.63) is 18.2 Å². The highest BCUT2D eigenvalue weighted by atomic mass is 16.5. The number of hydrogen-bond acceptors (Lipinski definition) is 3. The lowest BCUT2D eigenvalue weighted by atomic mass is 10.2. The lowest BCUT2D eigenvalue weighted by Gasteiger charge is -2.22. The Morgan fingerprint density at radius 1 is 1.19 bits per heavy atom. The second-order valence-corrected chi connectivity index (χ2v) is 5.01. The van der Waals surface area contributed by atoms with Crippen LogP contribution >= 0.6 is 0 Å². The molecule has 1 rings (SSSR count). The topological polar surface area (TPSA) is 38.7 Å². The molecule has 0 aliphatic heterocycles. The predicted octanol–water partition coefficient (Wildman–Crippen LogP) is 3.36. The van der Waals surface area contributed by atoms with Crippen LogP contribution in [-0.2, 0) is 0 Å². The van der Waals surface area contributed by atoms with Gasteiger partial charge in [-0.3, -0.25) is 0 Å². The molecular formula is C13H20O3. The molecule has 16 heavy (non-hydrogen) atoms. The summed E-state index contributed by atoms with van der Waals surface area (Å²) in [4.78, 5) is 0. The molecule has 0 unspecified atom stereocenters. The molecule has 0 aromatic heterocycles. The maximum absolute atomic E-state index is 9.65. The number of hydrogen-bond donors (Lipinski definition) is 1. The molecule has 0 aliphatic carbocycles. The van der Waals surface area contributed by atoms with Gasteiger partial charge in [-0.15, -0.1) is 0 Å². The fourth-order valence-corrected chi connectivity index (χ4v) is 1.25. The number of rotatable bonds is 3. The van der Waals surface area contributed by atoms with Crippen molar-refractivity contribution in [2.24, 2.45) is 0 Å². The first kappa shape index (κ1) is 12.7. The Hall–Kier alpha value is -1.38. The van der Waals surface area contributed by atoms with Crippen LogP contribution < -0.4 is 9.47 Å². The summed E-state index contributed by atoms with van der Waals surface area (Å²) in [6, 6.07) is 5.02. The van der Waals surface area contributed by atoms with Gasteiger partial charge in [0.15, 0.2) is 11.5 Å². The number of phenolic OH excluding ortho intramolecular Hbond substituents is 1. The fraction of sp³-hybridized carbons (Fsp3) is 0.538. The zero-order chi connectivity index (χ0) is 12.3. The highest BCUT2D eigenvalue weighted by Gasteiger charge is 2.15. The van der Waals surface area contributed by atoms with E-state index < -0.39 is 0 Å². The Balaban J connectivity index is 2.90. The van der Waals surface area contributed by atoms with E-state index in [-0.39, 0.29) is 17.5 Å². The van der Waals surface area contributed by atoms with E-state index in [9.17, 15) is 5.11 Å². The highest BCUT2D eigenvalue weighted by molar-refractivity contribution is 5.44. The van der Waals surface area contributed by atoms with E-state index >= 15 is 0 Å². The van der Waals surface area contributed by atoms with Gasteiger partial charge in [0.2, 0.25) is 0 Å². The molecule has 0 bridgehead atoms. The van der Waals surface area contributed by atoms with E-state index in [0.717, 1.165) is 0 Å². The molecule has 3 heteroatoms. The molecule has 0 atom stereocenters. The van der Waals surface area contributed by atoms with Crippen molar-refractivity contribution in [2.45, 2.75) is 46.3 Å². The minimum absolute atomic E-state index is 0.104. The molecular weight excluding hydrogens is 204 g/mol. The van der Waals surface area contributed by atoms with E-state index in [0.29, 0.717) is 11.5 Å². The first-order chi connectivity index (χ1) is 7.28. The van der Waals surface area contributed by atoms with Gasteiger partial charge in [-0.1, -0.05) is 0 Å². The van der Waals surface area contributed by atoms with Crippen LogP contribution in [0.25, 0.3) is 0 Å². The van der Waals surface area contributed by atoms with Crippen LogP contribution in [0.1, 0.15) is 34.6 Å². The molecule has 0 spiro atoms. The van der Waals surface area contributed by atoms with E-state index in [1.807, 2.05) is 34.6 Å². The lowest BCUT2D eigenvalue weighted by molar-refractivity contribution is 0.125. The third kappa shape index (κ3) is 4.01. The summed E-state index contributed by atoms with van der Waals surface area (Å²) in [5, 5.41) is 9.65. The quantitative estimate of drug-likeness (QED) is 0.855. The Morgan fingerprint density at radius 3 is 2.31 bits per heavy atom. The molecule has 3 nitrogen and oxygen atoms in total. The average molecular weight is 224 g/mol. The SMILES string of the molecule is CC(C)Oc1ccc(O)c(OC(C)(C)C)c1. The van der Waals surface area contributed by atoms with Gasteiger partial charge in [-0.05, 0) is 46.8 Å². The summed E-state index contributed by atoms with van der Waals surface area (Å²) in [5.74, 6) is 1.28. The highest BCUT2D eigenvalue weighted by Crippen LogP contribution is 2.33. The van der Waals surface area contributed by atoms with Crippen molar-refractivity contribution < 1.29 is 14.6 Å². The third-order valence-electron chi connectivity index (χ3n) is 1.72. The largest absolute Gasteiger partial charge is 0.504 e. The first-order valence-corrected chi connectivity index (χ1v) is 5.46. The first-order valence-electron chi connectivity index (χ1n) is 5.46. The van der Waals surface area contributed by atoms with Crippen molar-refractivity contribution in [3.63, 3.8) is 0 Å². The number of benzene rings is 1. The molecule has 0 amide bonds. The van der Waals surface area contributed by atoms with Gasteiger partial charge in [-0.2, -0.15) is 0 Å². The monoisotopic (exact) mass is 224 g/mol. The van der Waals surface area contributed by atoms with Crippen LogP contribution in [0.5, 0.6) is 17.2 Å². The van der Waals surface area contributed by atoms with Crippen molar-refractivity contribution >= 4 is 0 Å². The van der Waals surface area contributed by atoms with Gasteiger partial charge in [0.25, 0.3) is 0 Å². The average Bonchev–Trinajstić information content (AvgIpc) is 2.07. The lowest BCUT2D eigenvalue weighted by Crippen LogP contribution is -2.23. The summed E-state index contributed by atoms with van der Waals surface area (Å²) in [7, 11) is 0.